The van der Waals surface area contributed by atoms with Crippen LogP contribution in [0.1, 0.15) is 5.01 Å². The van der Waals surface area contributed by atoms with Gasteiger partial charge in [0.05, 0.1) is 0 Å². The van der Waals surface area contributed by atoms with Crippen molar-refractivity contribution in [1.82, 2.24) is 19.8 Å². The summed E-state index contributed by atoms with van der Waals surface area (Å²) in [7, 11) is 0. The molecular formula is C17H12N4O2S. The van der Waals surface area contributed by atoms with Gasteiger partial charge in [-0.3, -0.25) is 4.79 Å². The van der Waals surface area contributed by atoms with E-state index in [1.165, 1.54) is 15.9 Å². The Morgan fingerprint density at radius 2 is 1.67 bits per heavy atom. The number of rotatable bonds is 4. The zero-order valence-corrected chi connectivity index (χ0v) is 13.3. The molecule has 7 heteroatoms. The molecule has 0 aliphatic rings. The van der Waals surface area contributed by atoms with Crippen LogP contribution in [0.5, 0.6) is 5.75 Å². The first-order chi connectivity index (χ1) is 11.8. The van der Waals surface area contributed by atoms with Crippen LogP contribution in [0.4, 0.5) is 0 Å². The maximum Gasteiger partial charge on any atom is 0.302 e. The van der Waals surface area contributed by atoms with Crippen molar-refractivity contribution in [3.63, 3.8) is 0 Å². The average molecular weight is 336 g/mol. The highest BCUT2D eigenvalue weighted by Gasteiger charge is 2.13. The summed E-state index contributed by atoms with van der Waals surface area (Å²) < 4.78 is 6.94. The van der Waals surface area contributed by atoms with Crippen LogP contribution >= 0.6 is 11.3 Å². The molecule has 0 saturated carbocycles. The molecule has 0 saturated heterocycles. The molecule has 24 heavy (non-hydrogen) atoms. The highest BCUT2D eigenvalue weighted by molar-refractivity contribution is 7.16. The fourth-order valence-corrected chi connectivity index (χ4v) is 2.99. The Morgan fingerprint density at radius 1 is 0.958 bits per heavy atom. The maximum atomic E-state index is 12.6. The van der Waals surface area contributed by atoms with E-state index < -0.39 is 0 Å². The zero-order valence-electron chi connectivity index (χ0n) is 12.5. The maximum absolute atomic E-state index is 12.6. The first kappa shape index (κ1) is 14.5. The molecule has 4 rings (SSSR count). The molecule has 0 bridgehead atoms. The number of hydrogen-bond acceptors (Lipinski definition) is 6. The Morgan fingerprint density at radius 3 is 2.42 bits per heavy atom. The fraction of sp³-hybridized carbons (Fsp3) is 0.0588. The lowest BCUT2D eigenvalue weighted by atomic mass is 10.2. The molecule has 2 aromatic heterocycles. The number of hydrogen-bond donors (Lipinski definition) is 0. The number of aromatic nitrogens is 4. The summed E-state index contributed by atoms with van der Waals surface area (Å²) in [6.07, 6.45) is 0. The number of benzene rings is 2. The molecule has 6 nitrogen and oxygen atoms in total. The van der Waals surface area contributed by atoms with Crippen LogP contribution < -0.4 is 10.3 Å². The van der Waals surface area contributed by atoms with Crippen molar-refractivity contribution in [3.8, 4) is 17.0 Å². The van der Waals surface area contributed by atoms with Crippen molar-refractivity contribution in [2.45, 2.75) is 6.61 Å². The summed E-state index contributed by atoms with van der Waals surface area (Å²) >= 11 is 1.29. The number of para-hydroxylation sites is 1. The molecule has 0 radical (unpaired) electrons. The van der Waals surface area contributed by atoms with Gasteiger partial charge < -0.3 is 4.74 Å². The Balaban J connectivity index is 1.66. The second kappa shape index (κ2) is 6.21. The minimum atomic E-state index is -0.284. The van der Waals surface area contributed by atoms with Gasteiger partial charge in [-0.2, -0.15) is 9.61 Å². The van der Waals surface area contributed by atoms with E-state index >= 15 is 0 Å². The van der Waals surface area contributed by atoms with Gasteiger partial charge >= 0.3 is 5.56 Å². The Hall–Kier alpha value is -3.06. The van der Waals surface area contributed by atoms with Crippen LogP contribution in [0.15, 0.2) is 65.5 Å². The van der Waals surface area contributed by atoms with Gasteiger partial charge in [0.1, 0.15) is 12.4 Å². The average Bonchev–Trinajstić information content (AvgIpc) is 3.06. The third-order valence-electron chi connectivity index (χ3n) is 3.39. The monoisotopic (exact) mass is 336 g/mol. The molecule has 0 N–H and O–H groups in total. The summed E-state index contributed by atoms with van der Waals surface area (Å²) in [6, 6.07) is 18.7. The van der Waals surface area contributed by atoms with Crippen molar-refractivity contribution < 1.29 is 4.74 Å². The second-order valence-corrected chi connectivity index (χ2v) is 6.05. The highest BCUT2D eigenvalue weighted by Crippen LogP contribution is 2.17. The Bertz CT molecular complexity index is 1030. The molecule has 0 fully saturated rings. The lowest BCUT2D eigenvalue weighted by molar-refractivity contribution is 0.304. The van der Waals surface area contributed by atoms with Gasteiger partial charge in [-0.1, -0.05) is 59.9 Å². The molecular weight excluding hydrogens is 324 g/mol. The van der Waals surface area contributed by atoms with Crippen LogP contribution in [-0.4, -0.2) is 19.8 Å². The standard InChI is InChI=1S/C17H12N4O2S/c22-16-15(12-7-3-1-4-8-12)18-19-17-21(16)20-14(24-17)11-23-13-9-5-2-6-10-13/h1-10H,11H2. The molecule has 0 spiro atoms. The number of nitrogens with zero attached hydrogens (tertiary/aromatic N) is 4. The van der Waals surface area contributed by atoms with Crippen molar-refractivity contribution in [3.05, 3.63) is 76.0 Å². The first-order valence-corrected chi connectivity index (χ1v) is 8.11. The third-order valence-corrected chi connectivity index (χ3v) is 4.26. The van der Waals surface area contributed by atoms with Gasteiger partial charge in [-0.25, -0.2) is 0 Å². The molecule has 0 unspecified atom stereocenters. The summed E-state index contributed by atoms with van der Waals surface area (Å²) in [5.74, 6) is 0.750. The minimum absolute atomic E-state index is 0.276. The predicted octanol–water partition coefficient (Wildman–Crippen LogP) is 2.79. The highest BCUT2D eigenvalue weighted by atomic mass is 32.1. The van der Waals surface area contributed by atoms with E-state index in [0.29, 0.717) is 9.97 Å². The quantitative estimate of drug-likeness (QED) is 0.573. The zero-order chi connectivity index (χ0) is 16.4. The summed E-state index contributed by atoms with van der Waals surface area (Å²) in [5, 5.41) is 13.1. The van der Waals surface area contributed by atoms with E-state index in [1.54, 1.807) is 0 Å². The summed E-state index contributed by atoms with van der Waals surface area (Å²) in [5.41, 5.74) is 0.724. The topological polar surface area (TPSA) is 69.4 Å². The minimum Gasteiger partial charge on any atom is -0.486 e. The fourth-order valence-electron chi connectivity index (χ4n) is 2.25. The van der Waals surface area contributed by atoms with Gasteiger partial charge in [0.25, 0.3) is 0 Å². The van der Waals surface area contributed by atoms with E-state index in [-0.39, 0.29) is 17.9 Å². The van der Waals surface area contributed by atoms with Crippen LogP contribution in [0, 0.1) is 0 Å². The van der Waals surface area contributed by atoms with E-state index in [0.717, 1.165) is 11.3 Å². The lowest BCUT2D eigenvalue weighted by Crippen LogP contribution is -2.19. The van der Waals surface area contributed by atoms with Crippen molar-refractivity contribution in [1.29, 1.82) is 0 Å². The third kappa shape index (κ3) is 2.77. The van der Waals surface area contributed by atoms with Crippen molar-refractivity contribution in [2.75, 3.05) is 0 Å². The second-order valence-electron chi connectivity index (χ2n) is 5.01. The Labute approximate surface area is 141 Å². The van der Waals surface area contributed by atoms with Crippen LogP contribution in [0.2, 0.25) is 0 Å². The molecule has 0 aliphatic carbocycles. The summed E-state index contributed by atoms with van der Waals surface area (Å²) in [4.78, 5) is 13.0. The van der Waals surface area contributed by atoms with E-state index in [2.05, 4.69) is 15.3 Å². The van der Waals surface area contributed by atoms with Crippen molar-refractivity contribution in [2.24, 2.45) is 0 Å². The molecule has 4 aromatic rings. The molecule has 2 heterocycles. The largest absolute Gasteiger partial charge is 0.486 e. The van der Waals surface area contributed by atoms with E-state index in [9.17, 15) is 4.79 Å². The smallest absolute Gasteiger partial charge is 0.302 e. The summed E-state index contributed by atoms with van der Waals surface area (Å²) in [6.45, 7) is 0.276. The van der Waals surface area contributed by atoms with Crippen LogP contribution in [0.3, 0.4) is 0 Å². The SMILES string of the molecule is O=c1c(-c2ccccc2)nnc2sc(COc3ccccc3)nn12. The predicted molar refractivity (Wildman–Crippen MR) is 91.1 cm³/mol. The van der Waals surface area contributed by atoms with Gasteiger partial charge in [0.15, 0.2) is 10.7 Å². The van der Waals surface area contributed by atoms with Gasteiger partial charge in [-0.15, -0.1) is 10.2 Å². The number of fused-ring (bicyclic) bond motifs is 1. The van der Waals surface area contributed by atoms with Gasteiger partial charge in [0.2, 0.25) is 4.96 Å². The van der Waals surface area contributed by atoms with Crippen LogP contribution in [-0.2, 0) is 6.61 Å². The molecule has 118 valence electrons. The van der Waals surface area contributed by atoms with Crippen LogP contribution in [0.25, 0.3) is 16.2 Å². The molecule has 0 aliphatic heterocycles. The molecule has 2 aromatic carbocycles. The molecule has 0 atom stereocenters. The number of ether oxygens (including phenoxy) is 1. The van der Waals surface area contributed by atoms with E-state index in [1.807, 2.05) is 60.7 Å². The lowest BCUT2D eigenvalue weighted by Gasteiger charge is -2.01. The Kier molecular flexibility index (Phi) is 3.76. The normalized spacial score (nSPS) is 10.8. The van der Waals surface area contributed by atoms with Gasteiger partial charge in [0, 0.05) is 5.56 Å². The van der Waals surface area contributed by atoms with E-state index in [4.69, 9.17) is 4.74 Å². The van der Waals surface area contributed by atoms with Crippen molar-refractivity contribution >= 4 is 16.3 Å². The first-order valence-electron chi connectivity index (χ1n) is 7.30. The molecule has 0 amide bonds. The van der Waals surface area contributed by atoms with Gasteiger partial charge in [-0.05, 0) is 12.1 Å².